The van der Waals surface area contributed by atoms with Crippen LogP contribution in [0, 0.1) is 5.82 Å². The lowest BCUT2D eigenvalue weighted by atomic mass is 10.2. The minimum atomic E-state index is -0.481. The number of carbonyl (C=O) groups is 2. The van der Waals surface area contributed by atoms with Gasteiger partial charge in [-0.3, -0.25) is 9.59 Å². The van der Waals surface area contributed by atoms with Gasteiger partial charge >= 0.3 is 0 Å². The zero-order valence-electron chi connectivity index (χ0n) is 14.8. The molecule has 0 aliphatic carbocycles. The van der Waals surface area contributed by atoms with Gasteiger partial charge in [-0.05, 0) is 47.8 Å². The molecule has 0 bridgehead atoms. The first-order valence-corrected chi connectivity index (χ1v) is 9.30. The number of rotatable bonds is 5. The van der Waals surface area contributed by atoms with Crippen LogP contribution >= 0.6 is 11.3 Å². The summed E-state index contributed by atoms with van der Waals surface area (Å²) in [6.45, 7) is 0. The van der Waals surface area contributed by atoms with Gasteiger partial charge in [0.25, 0.3) is 11.8 Å². The summed E-state index contributed by atoms with van der Waals surface area (Å²) in [5.41, 5.74) is 1.37. The SMILES string of the molecule is COc1cccc(N2C(=O)C(Nc3ccc(F)cc3)=C(c3cccs3)C2=O)c1. The van der Waals surface area contributed by atoms with Crippen LogP contribution in [-0.2, 0) is 9.59 Å². The Balaban J connectivity index is 1.78. The lowest BCUT2D eigenvalue weighted by molar-refractivity contribution is -0.120. The van der Waals surface area contributed by atoms with Crippen LogP contribution in [0.3, 0.4) is 0 Å². The number of ether oxygens (including phenoxy) is 1. The lowest BCUT2D eigenvalue weighted by Crippen LogP contribution is -2.32. The first kappa shape index (κ1) is 17.9. The molecule has 4 rings (SSSR count). The molecule has 2 amide bonds. The number of benzene rings is 2. The normalized spacial score (nSPS) is 14.0. The molecule has 0 radical (unpaired) electrons. The van der Waals surface area contributed by atoms with Crippen molar-refractivity contribution in [3.8, 4) is 5.75 Å². The predicted molar refractivity (Wildman–Crippen MR) is 107 cm³/mol. The number of methoxy groups -OCH3 is 1. The molecule has 0 unspecified atom stereocenters. The van der Waals surface area contributed by atoms with E-state index in [1.807, 2.05) is 11.4 Å². The van der Waals surface area contributed by atoms with E-state index < -0.39 is 11.8 Å². The maximum Gasteiger partial charge on any atom is 0.282 e. The van der Waals surface area contributed by atoms with Crippen LogP contribution in [0.1, 0.15) is 4.88 Å². The van der Waals surface area contributed by atoms with Crippen molar-refractivity contribution in [3.63, 3.8) is 0 Å². The number of hydrogen-bond donors (Lipinski definition) is 1. The Labute approximate surface area is 164 Å². The Kier molecular flexibility index (Phi) is 4.67. The highest BCUT2D eigenvalue weighted by Crippen LogP contribution is 2.36. The zero-order valence-corrected chi connectivity index (χ0v) is 15.6. The van der Waals surface area contributed by atoms with Gasteiger partial charge in [-0.15, -0.1) is 11.3 Å². The monoisotopic (exact) mass is 394 g/mol. The number of anilines is 2. The second-order valence-electron chi connectivity index (χ2n) is 6.01. The fourth-order valence-corrected chi connectivity index (χ4v) is 3.72. The van der Waals surface area contributed by atoms with Crippen molar-refractivity contribution in [2.75, 3.05) is 17.3 Å². The highest BCUT2D eigenvalue weighted by molar-refractivity contribution is 7.11. The van der Waals surface area contributed by atoms with E-state index in [0.717, 1.165) is 4.90 Å². The maximum atomic E-state index is 13.2. The lowest BCUT2D eigenvalue weighted by Gasteiger charge is -2.16. The van der Waals surface area contributed by atoms with Crippen LogP contribution < -0.4 is 15.0 Å². The number of halogens is 1. The van der Waals surface area contributed by atoms with Crippen LogP contribution in [0.5, 0.6) is 5.75 Å². The van der Waals surface area contributed by atoms with E-state index >= 15 is 0 Å². The zero-order chi connectivity index (χ0) is 19.7. The van der Waals surface area contributed by atoms with E-state index in [1.165, 1.54) is 42.7 Å². The molecular formula is C21H15FN2O3S. The first-order valence-electron chi connectivity index (χ1n) is 8.42. The van der Waals surface area contributed by atoms with Crippen molar-refractivity contribution in [1.29, 1.82) is 0 Å². The second kappa shape index (κ2) is 7.28. The molecule has 0 saturated carbocycles. The average molecular weight is 394 g/mol. The standard InChI is InChI=1S/C21H15FN2O3S/c1-27-16-5-2-4-15(12-16)24-20(25)18(17-6-3-11-28-17)19(21(24)26)23-14-9-7-13(22)8-10-14/h2-12,23H,1H3. The molecule has 1 aliphatic heterocycles. The number of hydrogen-bond acceptors (Lipinski definition) is 5. The molecule has 1 aromatic heterocycles. The summed E-state index contributed by atoms with van der Waals surface area (Å²) in [4.78, 5) is 28.1. The van der Waals surface area contributed by atoms with E-state index in [-0.39, 0.29) is 17.1 Å². The Morgan fingerprint density at radius 1 is 1.00 bits per heavy atom. The summed E-state index contributed by atoms with van der Waals surface area (Å²) in [7, 11) is 1.52. The summed E-state index contributed by atoms with van der Waals surface area (Å²) in [6, 6.07) is 15.9. The number of nitrogens with zero attached hydrogens (tertiary/aromatic N) is 1. The Hall–Kier alpha value is -3.45. The molecule has 140 valence electrons. The maximum absolute atomic E-state index is 13.2. The van der Waals surface area contributed by atoms with Crippen molar-refractivity contribution < 1.29 is 18.7 Å². The van der Waals surface area contributed by atoms with E-state index in [2.05, 4.69) is 5.32 Å². The molecule has 0 saturated heterocycles. The first-order chi connectivity index (χ1) is 13.6. The summed E-state index contributed by atoms with van der Waals surface area (Å²) in [6.07, 6.45) is 0. The quantitative estimate of drug-likeness (QED) is 0.656. The van der Waals surface area contributed by atoms with Crippen molar-refractivity contribution in [2.24, 2.45) is 0 Å². The van der Waals surface area contributed by atoms with Crippen molar-refractivity contribution in [1.82, 2.24) is 0 Å². The smallest absolute Gasteiger partial charge is 0.282 e. The molecule has 28 heavy (non-hydrogen) atoms. The van der Waals surface area contributed by atoms with Crippen molar-refractivity contribution in [2.45, 2.75) is 0 Å². The molecule has 1 N–H and O–H groups in total. The van der Waals surface area contributed by atoms with Gasteiger partial charge in [0.15, 0.2) is 0 Å². The van der Waals surface area contributed by atoms with Gasteiger partial charge in [-0.1, -0.05) is 12.1 Å². The summed E-state index contributed by atoms with van der Waals surface area (Å²) in [5.74, 6) is -0.753. The van der Waals surface area contributed by atoms with Crippen LogP contribution in [0.15, 0.2) is 71.7 Å². The second-order valence-corrected chi connectivity index (χ2v) is 6.95. The summed E-state index contributed by atoms with van der Waals surface area (Å²) >= 11 is 1.37. The highest BCUT2D eigenvalue weighted by Gasteiger charge is 2.40. The molecule has 3 aromatic rings. The summed E-state index contributed by atoms with van der Waals surface area (Å²) < 4.78 is 18.4. The molecule has 5 nitrogen and oxygen atoms in total. The van der Waals surface area contributed by atoms with Crippen LogP contribution in [0.4, 0.5) is 15.8 Å². The topological polar surface area (TPSA) is 58.6 Å². The van der Waals surface area contributed by atoms with Gasteiger partial charge in [0.05, 0.1) is 18.4 Å². The number of carbonyl (C=O) groups excluding carboxylic acids is 2. The van der Waals surface area contributed by atoms with Gasteiger partial charge in [0.1, 0.15) is 17.3 Å². The van der Waals surface area contributed by atoms with Crippen molar-refractivity contribution in [3.05, 3.63) is 82.4 Å². The third kappa shape index (κ3) is 3.16. The number of thiophene rings is 1. The van der Waals surface area contributed by atoms with Gasteiger partial charge in [0, 0.05) is 16.6 Å². The van der Waals surface area contributed by atoms with Gasteiger partial charge in [0.2, 0.25) is 0 Å². The Morgan fingerprint density at radius 3 is 2.46 bits per heavy atom. The highest BCUT2D eigenvalue weighted by atomic mass is 32.1. The third-order valence-electron chi connectivity index (χ3n) is 4.28. The third-order valence-corrected chi connectivity index (χ3v) is 5.16. The Bertz CT molecular complexity index is 1080. The van der Waals surface area contributed by atoms with E-state index in [0.29, 0.717) is 22.0 Å². The number of nitrogens with one attached hydrogen (secondary N) is 1. The van der Waals surface area contributed by atoms with Gasteiger partial charge in [-0.2, -0.15) is 0 Å². The van der Waals surface area contributed by atoms with Crippen LogP contribution in [0.25, 0.3) is 5.57 Å². The van der Waals surface area contributed by atoms with E-state index in [4.69, 9.17) is 4.74 Å². The summed E-state index contributed by atoms with van der Waals surface area (Å²) in [5, 5.41) is 4.83. The Morgan fingerprint density at radius 2 is 1.79 bits per heavy atom. The molecule has 0 fully saturated rings. The van der Waals surface area contributed by atoms with Crippen molar-refractivity contribution >= 4 is 40.1 Å². The molecule has 0 spiro atoms. The minimum Gasteiger partial charge on any atom is -0.497 e. The van der Waals surface area contributed by atoms with Crippen LogP contribution in [-0.4, -0.2) is 18.9 Å². The average Bonchev–Trinajstić information content (AvgIpc) is 3.30. The van der Waals surface area contributed by atoms with Gasteiger partial charge < -0.3 is 10.1 Å². The molecule has 1 aliphatic rings. The molecule has 7 heteroatoms. The predicted octanol–water partition coefficient (Wildman–Crippen LogP) is 4.29. The molecule has 0 atom stereocenters. The number of amides is 2. The van der Waals surface area contributed by atoms with E-state index in [9.17, 15) is 14.0 Å². The fourth-order valence-electron chi connectivity index (χ4n) is 2.96. The minimum absolute atomic E-state index is 0.155. The fraction of sp³-hybridized carbons (Fsp3) is 0.0476. The van der Waals surface area contributed by atoms with E-state index in [1.54, 1.807) is 30.3 Å². The largest absolute Gasteiger partial charge is 0.497 e. The van der Waals surface area contributed by atoms with Gasteiger partial charge in [-0.25, -0.2) is 9.29 Å². The molecule has 2 heterocycles. The van der Waals surface area contributed by atoms with Crippen LogP contribution in [0.2, 0.25) is 0 Å². The molecule has 2 aromatic carbocycles. The number of imide groups is 1. The molecular weight excluding hydrogens is 379 g/mol.